The van der Waals surface area contributed by atoms with Crippen molar-refractivity contribution in [3.63, 3.8) is 0 Å². The molecule has 0 unspecified atom stereocenters. The van der Waals surface area contributed by atoms with Crippen LogP contribution in [0.1, 0.15) is 7.58 Å². The zero-order valence-electron chi connectivity index (χ0n) is 8.09. The van der Waals surface area contributed by atoms with Gasteiger partial charge in [-0.15, -0.1) is 0 Å². The van der Waals surface area contributed by atoms with Crippen molar-refractivity contribution in [3.05, 3.63) is 60.2 Å². The summed E-state index contributed by atoms with van der Waals surface area (Å²) in [5.74, 6) is 0. The molecular weight excluding hydrogens is 411 g/mol. The molecule has 1 aliphatic heterocycles. The van der Waals surface area contributed by atoms with E-state index < -0.39 is 0 Å². The summed E-state index contributed by atoms with van der Waals surface area (Å²) in [5.41, 5.74) is 1.60. The van der Waals surface area contributed by atoms with Crippen molar-refractivity contribution in [2.24, 2.45) is 0 Å². The Hall–Kier alpha value is 0.0192. The fourth-order valence-electron chi connectivity index (χ4n) is 1.65. The van der Waals surface area contributed by atoms with E-state index in [4.69, 9.17) is 0 Å². The first-order valence-electron chi connectivity index (χ1n) is 4.91. The van der Waals surface area contributed by atoms with Gasteiger partial charge in [0.2, 0.25) is 0 Å². The Balaban J connectivity index is 1.91. The van der Waals surface area contributed by atoms with Crippen LogP contribution in [0.4, 0.5) is 0 Å². The average molecular weight is 421 g/mol. The Morgan fingerprint density at radius 1 is 0.667 bits per heavy atom. The predicted molar refractivity (Wildman–Crippen MR) is 66.4 cm³/mol. The fourth-order valence-corrected chi connectivity index (χ4v) is 13.5. The number of rotatable bonds is 1. The van der Waals surface area contributed by atoms with Crippen molar-refractivity contribution >= 4 is 49.1 Å². The molecule has 74 valence electrons. The number of hydrogen-bond acceptors (Lipinski definition) is 0. The van der Waals surface area contributed by atoms with Crippen molar-refractivity contribution in [2.45, 2.75) is 2.01 Å². The van der Waals surface area contributed by atoms with Gasteiger partial charge in [0.1, 0.15) is 0 Å². The zero-order chi connectivity index (χ0) is 10.1. The van der Waals surface area contributed by atoms with Crippen molar-refractivity contribution in [3.8, 4) is 0 Å². The first-order chi connectivity index (χ1) is 7.43. The molecule has 0 bridgehead atoms. The maximum absolute atomic E-state index is 2.35. The Labute approximate surface area is 110 Å². The SMILES string of the molecule is c1ccc(C2[Te]c3ccccc3[Te]2)cc1. The quantitative estimate of drug-likeness (QED) is 0.605. The standard InChI is InChI=1S/C13H10Te2/c1-2-6-10(7-3-1)13-14-11-8-4-5-9-12(11)15-13/h1-9,13H. The second-order valence-electron chi connectivity index (χ2n) is 3.43. The molecule has 0 aromatic heterocycles. The van der Waals surface area contributed by atoms with Crippen LogP contribution in [0.25, 0.3) is 0 Å². The van der Waals surface area contributed by atoms with E-state index in [0.29, 0.717) is 0 Å². The normalized spacial score (nSPS) is 15.2. The van der Waals surface area contributed by atoms with Gasteiger partial charge in [0.15, 0.2) is 0 Å². The molecule has 1 heterocycles. The summed E-state index contributed by atoms with van der Waals surface area (Å²) in [6.07, 6.45) is 0. The molecule has 1 aliphatic rings. The topological polar surface area (TPSA) is 0 Å². The summed E-state index contributed by atoms with van der Waals surface area (Å²) >= 11 is 0.0967. The predicted octanol–water partition coefficient (Wildman–Crippen LogP) is 1.06. The molecule has 0 fully saturated rings. The van der Waals surface area contributed by atoms with E-state index in [1.54, 1.807) is 12.8 Å². The first kappa shape index (κ1) is 10.2. The van der Waals surface area contributed by atoms with Gasteiger partial charge in [0.05, 0.1) is 0 Å². The third-order valence-corrected chi connectivity index (χ3v) is 13.6. The van der Waals surface area contributed by atoms with Crippen LogP contribution in [-0.4, -0.2) is 41.8 Å². The van der Waals surface area contributed by atoms with Gasteiger partial charge in [-0.3, -0.25) is 0 Å². The van der Waals surface area contributed by atoms with Gasteiger partial charge in [0, 0.05) is 0 Å². The summed E-state index contributed by atoms with van der Waals surface area (Å²) in [7, 11) is 0. The van der Waals surface area contributed by atoms with Crippen LogP contribution in [0.15, 0.2) is 54.6 Å². The molecule has 0 saturated heterocycles. The summed E-state index contributed by atoms with van der Waals surface area (Å²) in [6, 6.07) is 20.2. The van der Waals surface area contributed by atoms with Crippen LogP contribution < -0.4 is 7.22 Å². The summed E-state index contributed by atoms with van der Waals surface area (Å²) in [5, 5.41) is 0. The van der Waals surface area contributed by atoms with E-state index in [1.165, 1.54) is 0 Å². The third-order valence-electron chi connectivity index (χ3n) is 2.39. The van der Waals surface area contributed by atoms with Crippen LogP contribution >= 0.6 is 0 Å². The van der Waals surface area contributed by atoms with Crippen LogP contribution in [0, 0.1) is 0 Å². The van der Waals surface area contributed by atoms with E-state index >= 15 is 0 Å². The Kier molecular flexibility index (Phi) is 3.05. The molecule has 2 heteroatoms. The van der Waals surface area contributed by atoms with Gasteiger partial charge in [-0.05, 0) is 0 Å². The number of hydrogen-bond donors (Lipinski definition) is 0. The van der Waals surface area contributed by atoms with Crippen LogP contribution in [-0.2, 0) is 0 Å². The van der Waals surface area contributed by atoms with E-state index in [1.807, 2.05) is 0 Å². The first-order valence-corrected chi connectivity index (χ1v) is 9.93. The molecule has 0 saturated carbocycles. The molecule has 15 heavy (non-hydrogen) atoms. The maximum atomic E-state index is 2.35. The van der Waals surface area contributed by atoms with Gasteiger partial charge in [-0.1, -0.05) is 0 Å². The van der Waals surface area contributed by atoms with Crippen LogP contribution in [0.3, 0.4) is 0 Å². The van der Waals surface area contributed by atoms with Gasteiger partial charge in [0.25, 0.3) is 0 Å². The second-order valence-corrected chi connectivity index (χ2v) is 12.9. The molecule has 0 radical (unpaired) electrons. The van der Waals surface area contributed by atoms with Crippen molar-refractivity contribution in [2.75, 3.05) is 0 Å². The van der Waals surface area contributed by atoms with Gasteiger partial charge >= 0.3 is 111 Å². The van der Waals surface area contributed by atoms with Gasteiger partial charge in [-0.2, -0.15) is 0 Å². The van der Waals surface area contributed by atoms with Crippen LogP contribution in [0.2, 0.25) is 0 Å². The van der Waals surface area contributed by atoms with Crippen LogP contribution in [0.5, 0.6) is 0 Å². The minimum absolute atomic E-state index is 0.0483. The van der Waals surface area contributed by atoms with Crippen molar-refractivity contribution in [1.82, 2.24) is 0 Å². The molecule has 2 aromatic carbocycles. The molecule has 3 rings (SSSR count). The van der Waals surface area contributed by atoms with E-state index in [0.717, 1.165) is 2.01 Å². The average Bonchev–Trinajstić information content (AvgIpc) is 2.74. The van der Waals surface area contributed by atoms with Crippen molar-refractivity contribution in [1.29, 1.82) is 0 Å². The van der Waals surface area contributed by atoms with E-state index in [2.05, 4.69) is 54.6 Å². The molecule has 0 aliphatic carbocycles. The summed E-state index contributed by atoms with van der Waals surface area (Å²) in [4.78, 5) is 0. The Bertz CT molecular complexity index is 440. The molecule has 0 amide bonds. The molecule has 0 spiro atoms. The Morgan fingerprint density at radius 3 is 1.80 bits per heavy atom. The molecular formula is C13H10Te2. The fraction of sp³-hybridized carbons (Fsp3) is 0.0769. The minimum atomic E-state index is 0.0483. The number of benzene rings is 2. The molecule has 2 aromatic rings. The van der Waals surface area contributed by atoms with Gasteiger partial charge < -0.3 is 0 Å². The van der Waals surface area contributed by atoms with E-state index in [9.17, 15) is 0 Å². The number of fused-ring (bicyclic) bond motifs is 1. The molecule has 0 N–H and O–H groups in total. The zero-order valence-corrected chi connectivity index (χ0v) is 12.8. The molecule has 0 atom stereocenters. The van der Waals surface area contributed by atoms with Crippen molar-refractivity contribution < 1.29 is 0 Å². The molecule has 0 nitrogen and oxygen atoms in total. The summed E-state index contributed by atoms with van der Waals surface area (Å²) in [6.45, 7) is 0. The second kappa shape index (κ2) is 4.48. The van der Waals surface area contributed by atoms with Gasteiger partial charge in [-0.25, -0.2) is 0 Å². The monoisotopic (exact) mass is 426 g/mol. The Morgan fingerprint density at radius 2 is 1.20 bits per heavy atom. The summed E-state index contributed by atoms with van der Waals surface area (Å²) < 4.78 is 4.40. The van der Waals surface area contributed by atoms with E-state index in [-0.39, 0.29) is 41.8 Å². The third kappa shape index (κ3) is 2.10.